The summed E-state index contributed by atoms with van der Waals surface area (Å²) in [6.45, 7) is 4.49. The van der Waals surface area contributed by atoms with Crippen molar-refractivity contribution in [1.29, 1.82) is 0 Å². The standard InChI is InChI=1S/C9H13F3O2/c1-6(2)4-5-8(9(10,11)12)14-7(3)13/h5-6H,4H2,1-3H3/b8-5+. The van der Waals surface area contributed by atoms with Gasteiger partial charge in [0.25, 0.3) is 0 Å². The van der Waals surface area contributed by atoms with Crippen LogP contribution < -0.4 is 0 Å². The zero-order valence-corrected chi connectivity index (χ0v) is 8.31. The summed E-state index contributed by atoms with van der Waals surface area (Å²) in [7, 11) is 0. The molecule has 0 heterocycles. The second kappa shape index (κ2) is 5.02. The maximum atomic E-state index is 12.2. The number of allylic oxidation sites excluding steroid dienone is 2. The van der Waals surface area contributed by atoms with E-state index < -0.39 is 17.9 Å². The molecule has 0 N–H and O–H groups in total. The zero-order valence-electron chi connectivity index (χ0n) is 8.31. The van der Waals surface area contributed by atoms with Gasteiger partial charge in [0.15, 0.2) is 0 Å². The minimum atomic E-state index is -4.60. The van der Waals surface area contributed by atoms with E-state index in [0.717, 1.165) is 13.0 Å². The lowest BCUT2D eigenvalue weighted by Gasteiger charge is -2.11. The molecule has 0 atom stereocenters. The highest BCUT2D eigenvalue weighted by Gasteiger charge is 2.36. The maximum absolute atomic E-state index is 12.2. The average Bonchev–Trinajstić information content (AvgIpc) is 1.94. The number of carbonyl (C=O) groups excluding carboxylic acids is 1. The van der Waals surface area contributed by atoms with E-state index in [9.17, 15) is 18.0 Å². The molecule has 0 aliphatic heterocycles. The summed E-state index contributed by atoms with van der Waals surface area (Å²) in [6, 6.07) is 0. The van der Waals surface area contributed by atoms with Gasteiger partial charge in [0.2, 0.25) is 5.76 Å². The molecule has 14 heavy (non-hydrogen) atoms. The molecular formula is C9H13F3O2. The van der Waals surface area contributed by atoms with Crippen LogP contribution in [0.15, 0.2) is 11.8 Å². The summed E-state index contributed by atoms with van der Waals surface area (Å²) < 4.78 is 40.6. The summed E-state index contributed by atoms with van der Waals surface area (Å²) in [5.74, 6) is -2.10. The molecule has 0 aromatic rings. The van der Waals surface area contributed by atoms with Gasteiger partial charge in [0, 0.05) is 6.92 Å². The van der Waals surface area contributed by atoms with Crippen LogP contribution in [0.5, 0.6) is 0 Å². The zero-order chi connectivity index (χ0) is 11.4. The van der Waals surface area contributed by atoms with E-state index in [2.05, 4.69) is 4.74 Å². The summed E-state index contributed by atoms with van der Waals surface area (Å²) in [5, 5.41) is 0. The van der Waals surface area contributed by atoms with Gasteiger partial charge in [-0.05, 0) is 18.4 Å². The Kier molecular flexibility index (Phi) is 4.67. The van der Waals surface area contributed by atoms with E-state index in [1.54, 1.807) is 13.8 Å². The number of hydrogen-bond donors (Lipinski definition) is 0. The molecule has 0 aromatic carbocycles. The third kappa shape index (κ3) is 5.61. The first-order chi connectivity index (χ1) is 6.23. The maximum Gasteiger partial charge on any atom is 0.449 e. The monoisotopic (exact) mass is 210 g/mol. The summed E-state index contributed by atoms with van der Waals surface area (Å²) in [5.41, 5.74) is 0. The van der Waals surface area contributed by atoms with Gasteiger partial charge in [-0.25, -0.2) is 0 Å². The van der Waals surface area contributed by atoms with E-state index in [4.69, 9.17) is 0 Å². The van der Waals surface area contributed by atoms with Gasteiger partial charge in [-0.1, -0.05) is 13.8 Å². The smallest absolute Gasteiger partial charge is 0.422 e. The molecular weight excluding hydrogens is 197 g/mol. The molecule has 0 rings (SSSR count). The molecule has 0 aliphatic rings. The number of hydrogen-bond acceptors (Lipinski definition) is 2. The Balaban J connectivity index is 4.55. The number of halogens is 3. The summed E-state index contributed by atoms with van der Waals surface area (Å²) in [6.07, 6.45) is -3.48. The lowest BCUT2D eigenvalue weighted by atomic mass is 10.1. The van der Waals surface area contributed by atoms with Gasteiger partial charge in [-0.2, -0.15) is 13.2 Å². The van der Waals surface area contributed by atoms with Crippen LogP contribution in [0, 0.1) is 5.92 Å². The van der Waals surface area contributed by atoms with E-state index in [0.29, 0.717) is 0 Å². The van der Waals surface area contributed by atoms with Crippen LogP contribution in [0.3, 0.4) is 0 Å². The van der Waals surface area contributed by atoms with Crippen LogP contribution in [0.2, 0.25) is 0 Å². The minimum Gasteiger partial charge on any atom is -0.422 e. The quantitative estimate of drug-likeness (QED) is 0.528. The third-order valence-corrected chi connectivity index (χ3v) is 1.31. The van der Waals surface area contributed by atoms with Crippen molar-refractivity contribution >= 4 is 5.97 Å². The molecule has 82 valence electrons. The van der Waals surface area contributed by atoms with Crippen molar-refractivity contribution in [1.82, 2.24) is 0 Å². The Hall–Kier alpha value is -1.00. The first kappa shape index (κ1) is 13.0. The van der Waals surface area contributed by atoms with Crippen LogP contribution in [-0.4, -0.2) is 12.1 Å². The number of esters is 1. The number of alkyl halides is 3. The van der Waals surface area contributed by atoms with Crippen molar-refractivity contribution in [3.8, 4) is 0 Å². The van der Waals surface area contributed by atoms with Gasteiger partial charge >= 0.3 is 12.1 Å². The average molecular weight is 210 g/mol. The molecule has 5 heteroatoms. The van der Waals surface area contributed by atoms with Crippen LogP contribution in [0.25, 0.3) is 0 Å². The predicted molar refractivity (Wildman–Crippen MR) is 45.4 cm³/mol. The first-order valence-electron chi connectivity index (χ1n) is 4.19. The molecule has 0 radical (unpaired) electrons. The molecule has 0 saturated heterocycles. The Morgan fingerprint density at radius 2 is 1.93 bits per heavy atom. The second-order valence-corrected chi connectivity index (χ2v) is 3.29. The second-order valence-electron chi connectivity index (χ2n) is 3.29. The first-order valence-corrected chi connectivity index (χ1v) is 4.19. The third-order valence-electron chi connectivity index (χ3n) is 1.31. The van der Waals surface area contributed by atoms with Crippen molar-refractivity contribution in [2.75, 3.05) is 0 Å². The highest BCUT2D eigenvalue weighted by molar-refractivity contribution is 5.67. The topological polar surface area (TPSA) is 26.3 Å². The highest BCUT2D eigenvalue weighted by Crippen LogP contribution is 2.27. The molecule has 0 bridgehead atoms. The molecule has 0 saturated carbocycles. The van der Waals surface area contributed by atoms with Crippen molar-refractivity contribution in [3.05, 3.63) is 11.8 Å². The van der Waals surface area contributed by atoms with Crippen LogP contribution in [0.4, 0.5) is 13.2 Å². The largest absolute Gasteiger partial charge is 0.449 e. The van der Waals surface area contributed by atoms with E-state index in [1.807, 2.05) is 0 Å². The fourth-order valence-corrected chi connectivity index (χ4v) is 0.713. The molecule has 0 aromatic heterocycles. The van der Waals surface area contributed by atoms with Crippen LogP contribution >= 0.6 is 0 Å². The molecule has 0 unspecified atom stereocenters. The molecule has 0 amide bonds. The van der Waals surface area contributed by atoms with Crippen LogP contribution in [-0.2, 0) is 9.53 Å². The van der Waals surface area contributed by atoms with Gasteiger partial charge in [0.1, 0.15) is 0 Å². The van der Waals surface area contributed by atoms with Crippen molar-refractivity contribution < 1.29 is 22.7 Å². The Morgan fingerprint density at radius 1 is 1.43 bits per heavy atom. The number of ether oxygens (including phenoxy) is 1. The lowest BCUT2D eigenvalue weighted by molar-refractivity contribution is -0.158. The van der Waals surface area contributed by atoms with Gasteiger partial charge in [0.05, 0.1) is 0 Å². The van der Waals surface area contributed by atoms with Gasteiger partial charge in [-0.15, -0.1) is 0 Å². The van der Waals surface area contributed by atoms with Crippen molar-refractivity contribution in [2.24, 2.45) is 5.92 Å². The molecule has 0 aliphatic carbocycles. The molecule has 0 spiro atoms. The molecule has 2 nitrogen and oxygen atoms in total. The number of carbonyl (C=O) groups is 1. The van der Waals surface area contributed by atoms with Crippen molar-refractivity contribution in [2.45, 2.75) is 33.4 Å². The SMILES string of the molecule is CC(=O)O/C(=C/CC(C)C)C(F)(F)F. The Morgan fingerprint density at radius 3 is 2.21 bits per heavy atom. The summed E-state index contributed by atoms with van der Waals surface area (Å²) >= 11 is 0. The molecule has 0 fully saturated rings. The fraction of sp³-hybridized carbons (Fsp3) is 0.667. The normalized spacial score (nSPS) is 13.2. The summed E-state index contributed by atoms with van der Waals surface area (Å²) in [4.78, 5) is 10.4. The van der Waals surface area contributed by atoms with Crippen molar-refractivity contribution in [3.63, 3.8) is 0 Å². The van der Waals surface area contributed by atoms with Gasteiger partial charge < -0.3 is 4.74 Å². The minimum absolute atomic E-state index is 0.0860. The Bertz CT molecular complexity index is 229. The van der Waals surface area contributed by atoms with Gasteiger partial charge in [-0.3, -0.25) is 4.79 Å². The highest BCUT2D eigenvalue weighted by atomic mass is 19.4. The van der Waals surface area contributed by atoms with E-state index >= 15 is 0 Å². The fourth-order valence-electron chi connectivity index (χ4n) is 0.713. The lowest BCUT2D eigenvalue weighted by Crippen LogP contribution is -2.17. The van der Waals surface area contributed by atoms with E-state index in [1.165, 1.54) is 0 Å². The Labute approximate surface area is 80.7 Å². The predicted octanol–water partition coefficient (Wildman–Crippen LogP) is 3.04. The van der Waals surface area contributed by atoms with E-state index in [-0.39, 0.29) is 12.3 Å². The van der Waals surface area contributed by atoms with Crippen LogP contribution in [0.1, 0.15) is 27.2 Å². The number of rotatable bonds is 3.